The molecule has 1 atom stereocenters. The summed E-state index contributed by atoms with van der Waals surface area (Å²) in [4.78, 5) is 0. The second kappa shape index (κ2) is 6.35. The van der Waals surface area contributed by atoms with Gasteiger partial charge in [-0.25, -0.2) is 0 Å². The Hall–Kier alpha value is -1.09. The van der Waals surface area contributed by atoms with Crippen molar-refractivity contribution in [3.63, 3.8) is 0 Å². The van der Waals surface area contributed by atoms with Crippen LogP contribution in [0.15, 0.2) is 36.4 Å². The van der Waals surface area contributed by atoms with E-state index in [0.717, 1.165) is 17.7 Å². The van der Waals surface area contributed by atoms with Crippen LogP contribution in [-0.2, 0) is 0 Å². The Balaban J connectivity index is 1.98. The third-order valence-electron chi connectivity index (χ3n) is 3.32. The van der Waals surface area contributed by atoms with Crippen LogP contribution in [0.3, 0.4) is 0 Å². The van der Waals surface area contributed by atoms with Gasteiger partial charge >= 0.3 is 0 Å². The summed E-state index contributed by atoms with van der Waals surface area (Å²) in [6.45, 7) is 1.29. The highest BCUT2D eigenvalue weighted by atomic mass is 35.5. The van der Waals surface area contributed by atoms with E-state index in [1.54, 1.807) is 18.2 Å². The fourth-order valence-corrected chi connectivity index (χ4v) is 3.36. The van der Waals surface area contributed by atoms with Gasteiger partial charge in [-0.1, -0.05) is 35.3 Å². The Labute approximate surface area is 138 Å². The predicted octanol–water partition coefficient (Wildman–Crippen LogP) is 5.48. The summed E-state index contributed by atoms with van der Waals surface area (Å²) in [6, 6.07) is 11.0. The number of halogens is 3. The third kappa shape index (κ3) is 3.08. The Morgan fingerprint density at radius 2 is 1.57 bits per heavy atom. The molecule has 110 valence electrons. The molecule has 0 N–H and O–H groups in total. The van der Waals surface area contributed by atoms with Crippen LogP contribution in [0.5, 0.6) is 11.5 Å². The van der Waals surface area contributed by atoms with Gasteiger partial charge in [-0.15, -0.1) is 11.6 Å². The lowest BCUT2D eigenvalue weighted by Crippen LogP contribution is -1.98. The highest BCUT2D eigenvalue weighted by Crippen LogP contribution is 2.41. The fourth-order valence-electron chi connectivity index (χ4n) is 2.26. The van der Waals surface area contributed by atoms with Gasteiger partial charge in [0.1, 0.15) is 0 Å². The van der Waals surface area contributed by atoms with Gasteiger partial charge in [-0.3, -0.25) is 0 Å². The molecule has 3 rings (SSSR count). The number of ether oxygens (including phenoxy) is 2. The van der Waals surface area contributed by atoms with Crippen molar-refractivity contribution in [2.45, 2.75) is 11.8 Å². The van der Waals surface area contributed by atoms with E-state index >= 15 is 0 Å². The van der Waals surface area contributed by atoms with Gasteiger partial charge in [0.05, 0.1) is 18.6 Å². The molecule has 0 fully saturated rings. The number of benzene rings is 2. The molecule has 0 aromatic heterocycles. The first-order chi connectivity index (χ1) is 10.2. The minimum Gasteiger partial charge on any atom is -0.490 e. The minimum absolute atomic E-state index is 0.441. The van der Waals surface area contributed by atoms with Gasteiger partial charge in [0.15, 0.2) is 11.5 Å². The monoisotopic (exact) mass is 342 g/mol. The maximum absolute atomic E-state index is 6.56. The van der Waals surface area contributed by atoms with E-state index in [1.165, 1.54) is 0 Å². The van der Waals surface area contributed by atoms with Gasteiger partial charge in [0.25, 0.3) is 0 Å². The first-order valence-corrected chi connectivity index (χ1v) is 7.83. The van der Waals surface area contributed by atoms with Gasteiger partial charge in [-0.05, 0) is 29.8 Å². The van der Waals surface area contributed by atoms with Crippen molar-refractivity contribution in [1.29, 1.82) is 0 Å². The van der Waals surface area contributed by atoms with Crippen LogP contribution in [-0.4, -0.2) is 13.2 Å². The lowest BCUT2D eigenvalue weighted by Gasteiger charge is -2.16. The summed E-state index contributed by atoms with van der Waals surface area (Å²) in [5.74, 6) is 1.45. The van der Waals surface area contributed by atoms with Crippen LogP contribution in [0.25, 0.3) is 0 Å². The van der Waals surface area contributed by atoms with Crippen molar-refractivity contribution in [2.24, 2.45) is 0 Å². The molecule has 1 unspecified atom stereocenters. The molecule has 0 saturated heterocycles. The van der Waals surface area contributed by atoms with Crippen molar-refractivity contribution in [2.75, 3.05) is 13.2 Å². The van der Waals surface area contributed by atoms with Crippen molar-refractivity contribution in [1.82, 2.24) is 0 Å². The van der Waals surface area contributed by atoms with Gasteiger partial charge in [0.2, 0.25) is 0 Å². The molecule has 1 aliphatic rings. The zero-order valence-electron chi connectivity index (χ0n) is 11.1. The molecule has 5 heteroatoms. The Bertz CT molecular complexity index is 638. The molecule has 2 aromatic rings. The Morgan fingerprint density at radius 3 is 2.29 bits per heavy atom. The summed E-state index contributed by atoms with van der Waals surface area (Å²) in [6.07, 6.45) is 0.866. The lowest BCUT2D eigenvalue weighted by atomic mass is 10.0. The molecule has 0 aliphatic carbocycles. The molecule has 0 spiro atoms. The Kier molecular flexibility index (Phi) is 4.48. The maximum Gasteiger partial charge on any atom is 0.161 e. The van der Waals surface area contributed by atoms with Gasteiger partial charge in [-0.2, -0.15) is 0 Å². The molecular formula is C16H13Cl3O2. The zero-order chi connectivity index (χ0) is 14.8. The SMILES string of the molecule is Clc1cccc(Cl)c1C(Cl)c1ccc2c(c1)OCCCO2. The van der Waals surface area contributed by atoms with Crippen LogP contribution in [0.2, 0.25) is 10.0 Å². The van der Waals surface area contributed by atoms with Crippen molar-refractivity contribution < 1.29 is 9.47 Å². The minimum atomic E-state index is -0.441. The zero-order valence-corrected chi connectivity index (χ0v) is 13.4. The molecule has 2 aromatic carbocycles. The standard InChI is InChI=1S/C16H13Cl3O2/c17-11-3-1-4-12(18)15(11)16(19)10-5-6-13-14(9-10)21-8-2-7-20-13/h1,3-6,9,16H,2,7-8H2. The molecule has 21 heavy (non-hydrogen) atoms. The normalized spacial score (nSPS) is 15.4. The molecule has 2 nitrogen and oxygen atoms in total. The van der Waals surface area contributed by atoms with Crippen LogP contribution < -0.4 is 9.47 Å². The average Bonchev–Trinajstić information content (AvgIpc) is 2.71. The van der Waals surface area contributed by atoms with Crippen molar-refractivity contribution >= 4 is 34.8 Å². The van der Waals surface area contributed by atoms with E-state index in [2.05, 4.69) is 0 Å². The van der Waals surface area contributed by atoms with E-state index in [-0.39, 0.29) is 0 Å². The third-order valence-corrected chi connectivity index (χ3v) is 4.45. The quantitative estimate of drug-likeness (QED) is 0.672. The number of fused-ring (bicyclic) bond motifs is 1. The van der Waals surface area contributed by atoms with Crippen molar-refractivity contribution in [3.8, 4) is 11.5 Å². The summed E-state index contributed by atoms with van der Waals surface area (Å²) < 4.78 is 11.3. The molecule has 0 bridgehead atoms. The molecule has 1 aliphatic heterocycles. The average molecular weight is 344 g/mol. The van der Waals surface area contributed by atoms with E-state index in [0.29, 0.717) is 34.6 Å². The summed E-state index contributed by atoms with van der Waals surface area (Å²) in [5, 5.41) is 0.660. The summed E-state index contributed by atoms with van der Waals surface area (Å²) in [5.41, 5.74) is 1.58. The van der Waals surface area contributed by atoms with Crippen LogP contribution in [0, 0.1) is 0 Å². The van der Waals surface area contributed by atoms with E-state index in [1.807, 2.05) is 18.2 Å². The van der Waals surface area contributed by atoms with E-state index < -0.39 is 5.38 Å². The number of hydrogen-bond acceptors (Lipinski definition) is 2. The molecule has 1 heterocycles. The number of hydrogen-bond donors (Lipinski definition) is 0. The molecule has 0 amide bonds. The van der Waals surface area contributed by atoms with Gasteiger partial charge in [0, 0.05) is 22.0 Å². The highest BCUT2D eigenvalue weighted by molar-refractivity contribution is 6.38. The second-order valence-electron chi connectivity index (χ2n) is 4.75. The van der Waals surface area contributed by atoms with E-state index in [4.69, 9.17) is 44.3 Å². The maximum atomic E-state index is 6.56. The largest absolute Gasteiger partial charge is 0.490 e. The molecule has 0 saturated carbocycles. The van der Waals surface area contributed by atoms with E-state index in [9.17, 15) is 0 Å². The van der Waals surface area contributed by atoms with Crippen LogP contribution in [0.4, 0.5) is 0 Å². The van der Waals surface area contributed by atoms with Crippen molar-refractivity contribution in [3.05, 3.63) is 57.6 Å². The summed E-state index contributed by atoms with van der Waals surface area (Å²) >= 11 is 19.0. The first kappa shape index (κ1) is 14.8. The number of alkyl halides is 1. The van der Waals surface area contributed by atoms with Crippen LogP contribution >= 0.6 is 34.8 Å². The number of rotatable bonds is 2. The first-order valence-electron chi connectivity index (χ1n) is 6.64. The second-order valence-corrected chi connectivity index (χ2v) is 6.01. The topological polar surface area (TPSA) is 18.5 Å². The Morgan fingerprint density at radius 1 is 0.905 bits per heavy atom. The predicted molar refractivity (Wildman–Crippen MR) is 86.2 cm³/mol. The van der Waals surface area contributed by atoms with Crippen LogP contribution in [0.1, 0.15) is 22.9 Å². The van der Waals surface area contributed by atoms with Gasteiger partial charge < -0.3 is 9.47 Å². The summed E-state index contributed by atoms with van der Waals surface area (Å²) in [7, 11) is 0. The fraction of sp³-hybridized carbons (Fsp3) is 0.250. The molecule has 0 radical (unpaired) electrons. The lowest BCUT2D eigenvalue weighted by molar-refractivity contribution is 0.297. The molecular weight excluding hydrogens is 331 g/mol. The highest BCUT2D eigenvalue weighted by Gasteiger charge is 2.20. The smallest absolute Gasteiger partial charge is 0.161 e.